The van der Waals surface area contributed by atoms with Gasteiger partial charge in [0.2, 0.25) is 0 Å². The number of nitrogens with zero attached hydrogens (tertiary/aromatic N) is 1. The molecule has 100 valence electrons. The highest BCUT2D eigenvalue weighted by molar-refractivity contribution is 5.78. The summed E-state index contributed by atoms with van der Waals surface area (Å²) in [5.74, 6) is -0.371. The van der Waals surface area contributed by atoms with Crippen LogP contribution in [-0.4, -0.2) is 40.6 Å². The lowest BCUT2D eigenvalue weighted by Gasteiger charge is -2.35. The van der Waals surface area contributed by atoms with E-state index in [0.717, 1.165) is 6.54 Å². The molecule has 0 saturated heterocycles. The molecule has 4 nitrogen and oxygen atoms in total. The van der Waals surface area contributed by atoms with Crippen molar-refractivity contribution < 1.29 is 9.90 Å². The summed E-state index contributed by atoms with van der Waals surface area (Å²) in [5, 5.41) is 9.12. The van der Waals surface area contributed by atoms with E-state index < -0.39 is 11.5 Å². The number of carboxylic acid groups (broad SMARTS) is 1. The Morgan fingerprint density at radius 1 is 1.47 bits per heavy atom. The van der Waals surface area contributed by atoms with Crippen molar-refractivity contribution in [3.05, 3.63) is 0 Å². The first-order chi connectivity index (χ1) is 7.83. The Hall–Kier alpha value is -0.610. The van der Waals surface area contributed by atoms with Crippen molar-refractivity contribution in [2.24, 2.45) is 11.7 Å². The average Bonchev–Trinajstić information content (AvgIpc) is 2.67. The first-order valence-electron chi connectivity index (χ1n) is 6.59. The van der Waals surface area contributed by atoms with Gasteiger partial charge in [-0.15, -0.1) is 0 Å². The highest BCUT2D eigenvalue weighted by Gasteiger charge is 2.34. The molecule has 0 aliphatic heterocycles. The first kappa shape index (κ1) is 14.5. The van der Waals surface area contributed by atoms with Crippen molar-refractivity contribution in [2.75, 3.05) is 13.1 Å². The Morgan fingerprint density at radius 2 is 2.00 bits per heavy atom. The van der Waals surface area contributed by atoms with E-state index in [1.807, 2.05) is 0 Å². The van der Waals surface area contributed by atoms with E-state index in [1.54, 1.807) is 6.92 Å². The Bertz CT molecular complexity index is 258. The van der Waals surface area contributed by atoms with E-state index >= 15 is 0 Å². The summed E-state index contributed by atoms with van der Waals surface area (Å²) in [6.07, 6.45) is 4.88. The van der Waals surface area contributed by atoms with Crippen LogP contribution in [0.5, 0.6) is 0 Å². The van der Waals surface area contributed by atoms with Gasteiger partial charge in [-0.25, -0.2) is 0 Å². The first-order valence-corrected chi connectivity index (χ1v) is 6.59. The van der Waals surface area contributed by atoms with E-state index in [4.69, 9.17) is 10.8 Å². The maximum atomic E-state index is 11.1. The minimum Gasteiger partial charge on any atom is -0.480 e. The van der Waals surface area contributed by atoms with Gasteiger partial charge in [0.05, 0.1) is 0 Å². The van der Waals surface area contributed by atoms with Crippen LogP contribution in [0.15, 0.2) is 0 Å². The number of nitrogens with two attached hydrogens (primary N) is 1. The lowest BCUT2D eigenvalue weighted by atomic mass is 10.0. The maximum Gasteiger partial charge on any atom is 0.324 e. The van der Waals surface area contributed by atoms with Gasteiger partial charge in [-0.2, -0.15) is 0 Å². The zero-order chi connectivity index (χ0) is 13.1. The second-order valence-electron chi connectivity index (χ2n) is 5.98. The number of carbonyl (C=O) groups is 1. The van der Waals surface area contributed by atoms with Crippen LogP contribution in [0.2, 0.25) is 0 Å². The molecule has 4 heteroatoms. The molecule has 17 heavy (non-hydrogen) atoms. The van der Waals surface area contributed by atoms with Crippen LogP contribution in [0.3, 0.4) is 0 Å². The Balaban J connectivity index is 2.65. The SMILES string of the molecule is CC(C)CN(CC(C)(N)C(=O)O)C1CCCC1. The second kappa shape index (κ2) is 5.83. The van der Waals surface area contributed by atoms with E-state index in [0.29, 0.717) is 18.5 Å². The van der Waals surface area contributed by atoms with Crippen LogP contribution in [0.25, 0.3) is 0 Å². The maximum absolute atomic E-state index is 11.1. The summed E-state index contributed by atoms with van der Waals surface area (Å²) in [7, 11) is 0. The molecule has 1 atom stereocenters. The topological polar surface area (TPSA) is 66.6 Å². The molecule has 1 aliphatic rings. The van der Waals surface area contributed by atoms with Gasteiger partial charge in [0.1, 0.15) is 5.54 Å². The van der Waals surface area contributed by atoms with Crippen molar-refractivity contribution in [1.82, 2.24) is 4.90 Å². The van der Waals surface area contributed by atoms with Crippen LogP contribution in [0.4, 0.5) is 0 Å². The molecule has 1 aliphatic carbocycles. The zero-order valence-corrected chi connectivity index (χ0v) is 11.3. The molecule has 0 aromatic heterocycles. The lowest BCUT2D eigenvalue weighted by Crippen LogP contribution is -2.56. The van der Waals surface area contributed by atoms with E-state index in [2.05, 4.69) is 18.7 Å². The van der Waals surface area contributed by atoms with E-state index in [-0.39, 0.29) is 0 Å². The molecule has 1 unspecified atom stereocenters. The normalized spacial score (nSPS) is 21.1. The fourth-order valence-corrected chi connectivity index (χ4v) is 2.57. The third-order valence-electron chi connectivity index (χ3n) is 3.46. The summed E-state index contributed by atoms with van der Waals surface area (Å²) < 4.78 is 0. The zero-order valence-electron chi connectivity index (χ0n) is 11.3. The van der Waals surface area contributed by atoms with Gasteiger partial charge in [-0.1, -0.05) is 26.7 Å². The third kappa shape index (κ3) is 4.28. The standard InChI is InChI=1S/C13H26N2O2/c1-10(2)8-15(11-6-4-5-7-11)9-13(3,14)12(16)17/h10-11H,4-9,14H2,1-3H3,(H,16,17). The number of carboxylic acids is 1. The fourth-order valence-electron chi connectivity index (χ4n) is 2.57. The van der Waals surface area contributed by atoms with Gasteiger partial charge >= 0.3 is 5.97 Å². The van der Waals surface area contributed by atoms with Gasteiger partial charge in [0, 0.05) is 19.1 Å². The monoisotopic (exact) mass is 242 g/mol. The van der Waals surface area contributed by atoms with Crippen molar-refractivity contribution in [1.29, 1.82) is 0 Å². The predicted octanol–water partition coefficient (Wildman–Crippen LogP) is 1.69. The molecule has 0 spiro atoms. The van der Waals surface area contributed by atoms with Gasteiger partial charge in [0.25, 0.3) is 0 Å². The second-order valence-corrected chi connectivity index (χ2v) is 5.98. The summed E-state index contributed by atoms with van der Waals surface area (Å²) in [6.45, 7) is 7.32. The molecule has 3 N–H and O–H groups in total. The van der Waals surface area contributed by atoms with E-state index in [9.17, 15) is 4.79 Å². The largest absolute Gasteiger partial charge is 0.480 e. The summed E-state index contributed by atoms with van der Waals surface area (Å²) in [5.41, 5.74) is 4.72. The van der Waals surface area contributed by atoms with Crippen LogP contribution in [0.1, 0.15) is 46.5 Å². The van der Waals surface area contributed by atoms with Crippen LogP contribution in [-0.2, 0) is 4.79 Å². The molecular weight excluding hydrogens is 216 g/mol. The molecule has 0 aromatic carbocycles. The van der Waals surface area contributed by atoms with Crippen molar-refractivity contribution >= 4 is 5.97 Å². The minimum atomic E-state index is -1.14. The van der Waals surface area contributed by atoms with Gasteiger partial charge in [0.15, 0.2) is 0 Å². The highest BCUT2D eigenvalue weighted by atomic mass is 16.4. The minimum absolute atomic E-state index is 0.450. The average molecular weight is 242 g/mol. The third-order valence-corrected chi connectivity index (χ3v) is 3.46. The smallest absolute Gasteiger partial charge is 0.324 e. The van der Waals surface area contributed by atoms with Gasteiger partial charge in [-0.05, 0) is 25.7 Å². The Kier molecular flexibility index (Phi) is 4.95. The summed E-state index contributed by atoms with van der Waals surface area (Å²) in [4.78, 5) is 13.4. The Labute approximate surface area is 104 Å². The van der Waals surface area contributed by atoms with Gasteiger partial charge in [-0.3, -0.25) is 9.69 Å². The molecular formula is C13H26N2O2. The molecule has 0 aromatic rings. The Morgan fingerprint density at radius 3 is 2.41 bits per heavy atom. The number of hydrogen-bond acceptors (Lipinski definition) is 3. The summed E-state index contributed by atoms with van der Waals surface area (Å²) in [6, 6.07) is 0.527. The molecule has 0 radical (unpaired) electrons. The molecule has 0 heterocycles. The quantitative estimate of drug-likeness (QED) is 0.744. The highest BCUT2D eigenvalue weighted by Crippen LogP contribution is 2.25. The van der Waals surface area contributed by atoms with Crippen molar-refractivity contribution in [3.8, 4) is 0 Å². The molecule has 0 amide bonds. The molecule has 1 saturated carbocycles. The van der Waals surface area contributed by atoms with Crippen LogP contribution < -0.4 is 5.73 Å². The molecule has 0 bridgehead atoms. The molecule has 1 rings (SSSR count). The number of hydrogen-bond donors (Lipinski definition) is 2. The van der Waals surface area contributed by atoms with E-state index in [1.165, 1.54) is 25.7 Å². The predicted molar refractivity (Wildman–Crippen MR) is 68.9 cm³/mol. The van der Waals surface area contributed by atoms with Crippen molar-refractivity contribution in [3.63, 3.8) is 0 Å². The van der Waals surface area contributed by atoms with Crippen LogP contribution >= 0.6 is 0 Å². The number of rotatable bonds is 6. The fraction of sp³-hybridized carbons (Fsp3) is 0.923. The van der Waals surface area contributed by atoms with Crippen molar-refractivity contribution in [2.45, 2.75) is 58.0 Å². The lowest BCUT2D eigenvalue weighted by molar-refractivity contribution is -0.143. The molecule has 1 fully saturated rings. The number of aliphatic carboxylic acids is 1. The van der Waals surface area contributed by atoms with Crippen LogP contribution in [0, 0.1) is 5.92 Å². The van der Waals surface area contributed by atoms with Gasteiger partial charge < -0.3 is 10.8 Å². The summed E-state index contributed by atoms with van der Waals surface area (Å²) >= 11 is 0.